The van der Waals surface area contributed by atoms with Gasteiger partial charge in [0.25, 0.3) is 0 Å². The fourth-order valence-corrected chi connectivity index (χ4v) is 6.68. The van der Waals surface area contributed by atoms with E-state index in [0.717, 1.165) is 22.3 Å². The van der Waals surface area contributed by atoms with Crippen LogP contribution in [0.4, 0.5) is 4.79 Å². The molecule has 0 unspecified atom stereocenters. The van der Waals surface area contributed by atoms with Crippen molar-refractivity contribution in [2.45, 2.75) is 76.7 Å². The van der Waals surface area contributed by atoms with E-state index in [2.05, 4.69) is 16.0 Å². The van der Waals surface area contributed by atoms with Gasteiger partial charge in [0.1, 0.15) is 25.6 Å². The number of rotatable bonds is 18. The van der Waals surface area contributed by atoms with Crippen molar-refractivity contribution in [2.24, 2.45) is 11.8 Å². The number of esters is 1. The van der Waals surface area contributed by atoms with Crippen molar-refractivity contribution in [3.05, 3.63) is 150 Å². The predicted molar refractivity (Wildman–Crippen MR) is 221 cm³/mol. The number of cyclic esters (lactones) is 1. The first-order valence-corrected chi connectivity index (χ1v) is 20.1. The second-order valence-corrected chi connectivity index (χ2v) is 14.6. The predicted octanol–water partition coefficient (Wildman–Crippen LogP) is 6.63. The van der Waals surface area contributed by atoms with Crippen LogP contribution in [0.15, 0.2) is 127 Å². The molecule has 4 aromatic rings. The van der Waals surface area contributed by atoms with Crippen LogP contribution in [-0.2, 0) is 49.9 Å². The topological polar surface area (TPSA) is 152 Å². The van der Waals surface area contributed by atoms with Crippen LogP contribution in [0.5, 0.6) is 5.75 Å². The standard InChI is InChI=1S/C47H55N3O8/c51-31-42(29-36-23-25-43(26-24-36)56-32-37-16-6-2-7-17-37)49-44(52)30-39-20-10-11-21-40(28-35-14-4-1-5-15-35)46(54)57-34-41(50-45(39)53)22-12-13-27-48-47(55)58-33-38-18-8-3-9-19-38/h1-11,14-19,23-26,39-42,51H,12-13,20-22,27-34H2,(H,48,55)(H,49,52)(H,50,53)/t39-,40-,41+,42+/m1/s1. The fourth-order valence-electron chi connectivity index (χ4n) is 6.68. The molecule has 5 rings (SSSR count). The first kappa shape index (κ1) is 43.2. The van der Waals surface area contributed by atoms with Crippen molar-refractivity contribution in [2.75, 3.05) is 19.8 Å². The summed E-state index contributed by atoms with van der Waals surface area (Å²) in [5.41, 5.74) is 3.89. The second kappa shape index (κ2) is 24.0. The Morgan fingerprint density at radius 3 is 2.03 bits per heavy atom. The van der Waals surface area contributed by atoms with Gasteiger partial charge in [-0.15, -0.1) is 0 Å². The van der Waals surface area contributed by atoms with Crippen molar-refractivity contribution in [3.63, 3.8) is 0 Å². The van der Waals surface area contributed by atoms with E-state index in [4.69, 9.17) is 14.2 Å². The Kier molecular flexibility index (Phi) is 17.8. The SMILES string of the molecule is O=C(C[C@H]1CC=CC[C@H](Cc2ccccc2)C(=O)OC[C@H](CCCCNC(=O)OCc2ccccc2)NC1=O)N[C@H](CO)Cc1ccc(OCc2ccccc2)cc1. The van der Waals surface area contributed by atoms with E-state index < -0.39 is 30.0 Å². The van der Waals surface area contributed by atoms with Crippen LogP contribution in [0.3, 0.4) is 0 Å². The van der Waals surface area contributed by atoms with Crippen LogP contribution >= 0.6 is 0 Å². The maximum absolute atomic E-state index is 13.8. The zero-order chi connectivity index (χ0) is 40.8. The molecule has 0 aromatic heterocycles. The zero-order valence-electron chi connectivity index (χ0n) is 32.9. The number of carbonyl (C=O) groups is 4. The Morgan fingerprint density at radius 2 is 1.38 bits per heavy atom. The summed E-state index contributed by atoms with van der Waals surface area (Å²) in [7, 11) is 0. The summed E-state index contributed by atoms with van der Waals surface area (Å²) in [5, 5.41) is 18.9. The van der Waals surface area contributed by atoms with E-state index in [-0.39, 0.29) is 44.0 Å². The molecule has 11 nitrogen and oxygen atoms in total. The maximum Gasteiger partial charge on any atom is 0.407 e. The van der Waals surface area contributed by atoms with Crippen molar-refractivity contribution in [1.82, 2.24) is 16.0 Å². The lowest BCUT2D eigenvalue weighted by atomic mass is 9.94. The quantitative estimate of drug-likeness (QED) is 0.0499. The second-order valence-electron chi connectivity index (χ2n) is 14.6. The summed E-state index contributed by atoms with van der Waals surface area (Å²) in [6.07, 6.45) is 6.47. The number of unbranched alkanes of at least 4 members (excludes halogenated alkanes) is 1. The molecular formula is C47H55N3O8. The van der Waals surface area contributed by atoms with Gasteiger partial charge in [-0.25, -0.2) is 4.79 Å². The van der Waals surface area contributed by atoms with Crippen LogP contribution in [0.25, 0.3) is 0 Å². The van der Waals surface area contributed by atoms with Crippen LogP contribution in [0, 0.1) is 11.8 Å². The van der Waals surface area contributed by atoms with E-state index in [1.165, 1.54) is 0 Å². The molecule has 0 bridgehead atoms. The molecule has 0 saturated heterocycles. The molecular weight excluding hydrogens is 735 g/mol. The number of hydrogen-bond donors (Lipinski definition) is 4. The molecule has 1 aliphatic heterocycles. The van der Waals surface area contributed by atoms with Crippen LogP contribution in [0.1, 0.15) is 60.8 Å². The number of ether oxygens (including phenoxy) is 3. The Morgan fingerprint density at radius 1 is 0.759 bits per heavy atom. The normalized spacial score (nSPS) is 17.7. The third kappa shape index (κ3) is 15.5. The number of amides is 3. The van der Waals surface area contributed by atoms with Crippen LogP contribution in [0.2, 0.25) is 0 Å². The molecule has 11 heteroatoms. The lowest BCUT2D eigenvalue weighted by Crippen LogP contribution is -2.45. The van der Waals surface area contributed by atoms with Crippen molar-refractivity contribution in [3.8, 4) is 5.75 Å². The van der Waals surface area contributed by atoms with Crippen LogP contribution < -0.4 is 20.7 Å². The van der Waals surface area contributed by atoms with E-state index in [9.17, 15) is 24.3 Å². The van der Waals surface area contributed by atoms with Gasteiger partial charge in [0.2, 0.25) is 11.8 Å². The molecule has 58 heavy (non-hydrogen) atoms. The van der Waals surface area contributed by atoms with E-state index in [1.54, 1.807) is 0 Å². The largest absolute Gasteiger partial charge is 0.489 e. The molecule has 4 aromatic carbocycles. The maximum atomic E-state index is 13.8. The molecule has 0 fully saturated rings. The van der Waals surface area contributed by atoms with Gasteiger partial charge >= 0.3 is 12.1 Å². The Balaban J connectivity index is 1.16. The van der Waals surface area contributed by atoms with Gasteiger partial charge in [0.05, 0.1) is 30.5 Å². The Hall–Kier alpha value is -5.94. The zero-order valence-corrected chi connectivity index (χ0v) is 32.9. The van der Waals surface area contributed by atoms with Crippen molar-refractivity contribution in [1.29, 1.82) is 0 Å². The van der Waals surface area contributed by atoms with Gasteiger partial charge in [0, 0.05) is 13.0 Å². The molecule has 0 aliphatic carbocycles. The first-order chi connectivity index (χ1) is 28.3. The summed E-state index contributed by atoms with van der Waals surface area (Å²) in [4.78, 5) is 52.7. The summed E-state index contributed by atoms with van der Waals surface area (Å²) >= 11 is 0. The highest BCUT2D eigenvalue weighted by atomic mass is 16.5. The number of carbonyl (C=O) groups excluding carboxylic acids is 4. The van der Waals surface area contributed by atoms with Gasteiger partial charge in [-0.2, -0.15) is 0 Å². The molecule has 1 heterocycles. The van der Waals surface area contributed by atoms with Gasteiger partial charge in [-0.1, -0.05) is 115 Å². The van der Waals surface area contributed by atoms with Crippen molar-refractivity contribution < 1.29 is 38.5 Å². The molecule has 0 saturated carbocycles. The molecule has 0 spiro atoms. The lowest BCUT2D eigenvalue weighted by Gasteiger charge is -2.25. The number of alkyl carbamates (subject to hydrolysis) is 1. The highest BCUT2D eigenvalue weighted by Crippen LogP contribution is 2.20. The molecule has 3 amide bonds. The lowest BCUT2D eigenvalue weighted by molar-refractivity contribution is -0.150. The Labute approximate surface area is 341 Å². The highest BCUT2D eigenvalue weighted by Gasteiger charge is 2.27. The first-order valence-electron chi connectivity index (χ1n) is 20.1. The summed E-state index contributed by atoms with van der Waals surface area (Å²) in [6, 6.07) is 35.6. The average molecular weight is 790 g/mol. The number of nitrogens with one attached hydrogen (secondary N) is 3. The molecule has 0 radical (unpaired) electrons. The summed E-state index contributed by atoms with van der Waals surface area (Å²) < 4.78 is 17.0. The monoisotopic (exact) mass is 789 g/mol. The molecule has 1 aliphatic rings. The molecule has 4 N–H and O–H groups in total. The smallest absolute Gasteiger partial charge is 0.407 e. The average Bonchev–Trinajstić information content (AvgIpc) is 3.25. The van der Waals surface area contributed by atoms with E-state index in [1.807, 2.05) is 127 Å². The third-order valence-corrected chi connectivity index (χ3v) is 9.94. The van der Waals surface area contributed by atoms with Gasteiger partial charge in [-0.05, 0) is 79.3 Å². The number of aliphatic hydroxyl groups is 1. The van der Waals surface area contributed by atoms with E-state index in [0.29, 0.717) is 63.8 Å². The summed E-state index contributed by atoms with van der Waals surface area (Å²) in [5.74, 6) is -1.40. The van der Waals surface area contributed by atoms with Gasteiger partial charge < -0.3 is 35.3 Å². The fraction of sp³-hybridized carbons (Fsp3) is 0.362. The molecule has 4 atom stereocenters. The summed E-state index contributed by atoms with van der Waals surface area (Å²) in [6.45, 7) is 0.703. The van der Waals surface area contributed by atoms with Gasteiger partial charge in [-0.3, -0.25) is 14.4 Å². The minimum absolute atomic E-state index is 0.0201. The minimum Gasteiger partial charge on any atom is -0.489 e. The third-order valence-electron chi connectivity index (χ3n) is 9.94. The van der Waals surface area contributed by atoms with Crippen molar-refractivity contribution >= 4 is 23.9 Å². The van der Waals surface area contributed by atoms with Crippen LogP contribution in [-0.4, -0.2) is 60.8 Å². The van der Waals surface area contributed by atoms with E-state index >= 15 is 0 Å². The highest BCUT2D eigenvalue weighted by molar-refractivity contribution is 5.86. The molecule has 306 valence electrons. The Bertz CT molecular complexity index is 1870. The number of allylic oxidation sites excluding steroid dienone is 2. The van der Waals surface area contributed by atoms with Gasteiger partial charge in [0.15, 0.2) is 0 Å². The minimum atomic E-state index is -0.692. The number of benzene rings is 4. The number of aliphatic hydroxyl groups excluding tert-OH is 1. The number of hydrogen-bond acceptors (Lipinski definition) is 8.